The zero-order valence-electron chi connectivity index (χ0n) is 29.7. The molecule has 4 rings (SSSR count). The van der Waals surface area contributed by atoms with Crippen LogP contribution in [-0.2, 0) is 93.7 Å². The van der Waals surface area contributed by atoms with Crippen molar-refractivity contribution in [1.82, 2.24) is 18.9 Å². The van der Waals surface area contributed by atoms with Crippen molar-refractivity contribution in [3.05, 3.63) is 0 Å². The van der Waals surface area contributed by atoms with Crippen molar-refractivity contribution >= 4 is 15.8 Å². The van der Waals surface area contributed by atoms with E-state index in [1.807, 2.05) is 0 Å². The van der Waals surface area contributed by atoms with Gasteiger partial charge in [0, 0.05) is 0 Å². The molecule has 4 aliphatic rings. The molecule has 18 heteroatoms. The first kappa shape index (κ1) is 42.6. The van der Waals surface area contributed by atoms with E-state index in [9.17, 15) is 0 Å². The van der Waals surface area contributed by atoms with Crippen LogP contribution in [0.25, 0.3) is 0 Å². The van der Waals surface area contributed by atoms with Crippen LogP contribution >= 0.6 is 15.8 Å². The van der Waals surface area contributed by atoms with Crippen LogP contribution in [-0.4, -0.2) is 181 Å². The van der Waals surface area contributed by atoms with E-state index >= 15 is 0 Å². The first-order valence-electron chi connectivity index (χ1n) is 16.7. The van der Waals surface area contributed by atoms with Crippen molar-refractivity contribution in [3.63, 3.8) is 0 Å². The van der Waals surface area contributed by atoms with E-state index in [1.54, 1.807) is 7.11 Å². The maximum atomic E-state index is 6.84. The first-order valence-corrected chi connectivity index (χ1v) is 34.6. The first-order chi connectivity index (χ1) is 22.0. The van der Waals surface area contributed by atoms with Crippen molar-refractivity contribution in [2.45, 2.75) is 76.5 Å². The van der Waals surface area contributed by atoms with E-state index in [0.29, 0.717) is 26.4 Å². The SMILES string of the molecule is COCC1CN([P](C)(=[W])OCC2CN([P](C)(=[W])OCC3CN([P](C)(=[W])OCC4CN(C)CC(C)O4)CC(C)O3)CC(C)O2)CC(C)O1. The van der Waals surface area contributed by atoms with Gasteiger partial charge in [0.25, 0.3) is 0 Å². The summed E-state index contributed by atoms with van der Waals surface area (Å²) in [7, 11) is 3.90. The number of morpholine rings is 4. The Kier molecular flexibility index (Phi) is 17.2. The molecule has 0 spiro atoms. The van der Waals surface area contributed by atoms with Gasteiger partial charge >= 0.3 is 318 Å². The number of ether oxygens (including phenoxy) is 5. The van der Waals surface area contributed by atoms with E-state index in [1.165, 1.54) is 56.4 Å². The molecule has 0 aromatic rings. The van der Waals surface area contributed by atoms with Gasteiger partial charge in [-0.25, -0.2) is 0 Å². The van der Waals surface area contributed by atoms with Gasteiger partial charge in [-0.05, 0) is 0 Å². The summed E-state index contributed by atoms with van der Waals surface area (Å²) in [5.41, 5.74) is 0. The Hall–Kier alpha value is 2.87. The molecule has 276 valence electrons. The van der Waals surface area contributed by atoms with Crippen LogP contribution in [0.15, 0.2) is 0 Å². The van der Waals surface area contributed by atoms with Gasteiger partial charge in [-0.1, -0.05) is 0 Å². The molecule has 4 heterocycles. The fourth-order valence-corrected chi connectivity index (χ4v) is 17.8. The summed E-state index contributed by atoms with van der Waals surface area (Å²) in [6.07, 6.45) is 0.960. The van der Waals surface area contributed by atoms with Crippen LogP contribution in [0.2, 0.25) is 0 Å². The summed E-state index contributed by atoms with van der Waals surface area (Å²) < 4.78 is 58.4. The Morgan fingerprint density at radius 1 is 0.511 bits per heavy atom. The third kappa shape index (κ3) is 13.3. The van der Waals surface area contributed by atoms with Gasteiger partial charge in [-0.2, -0.15) is 0 Å². The minimum absolute atomic E-state index is 0.0241. The molecule has 0 N–H and O–H groups in total. The molecule has 12 nitrogen and oxygen atoms in total. The second-order valence-electron chi connectivity index (χ2n) is 13.9. The van der Waals surface area contributed by atoms with Crippen LogP contribution in [0.4, 0.5) is 0 Å². The third-order valence-corrected chi connectivity index (χ3v) is 25.6. The Labute approximate surface area is 315 Å². The van der Waals surface area contributed by atoms with E-state index in [-0.39, 0.29) is 48.8 Å². The number of hydrogen-bond acceptors (Lipinski definition) is 12. The maximum absolute atomic E-state index is 6.84. The van der Waals surface area contributed by atoms with Crippen molar-refractivity contribution in [2.75, 3.05) is 113 Å². The van der Waals surface area contributed by atoms with Crippen molar-refractivity contribution in [1.29, 1.82) is 0 Å². The van der Waals surface area contributed by atoms with E-state index < -0.39 is 15.8 Å². The van der Waals surface area contributed by atoms with Crippen molar-refractivity contribution < 1.29 is 93.7 Å². The van der Waals surface area contributed by atoms with Gasteiger partial charge in [0.05, 0.1) is 0 Å². The van der Waals surface area contributed by atoms with Gasteiger partial charge in [0.2, 0.25) is 0 Å². The molecule has 0 saturated carbocycles. The molecule has 11 unspecified atom stereocenters. The number of rotatable bonds is 14. The molecule has 0 radical (unpaired) electrons. The molecule has 47 heavy (non-hydrogen) atoms. The predicted molar refractivity (Wildman–Crippen MR) is 178 cm³/mol. The fourth-order valence-electron chi connectivity index (χ4n) is 6.69. The van der Waals surface area contributed by atoms with Gasteiger partial charge in [-0.15, -0.1) is 0 Å². The van der Waals surface area contributed by atoms with Gasteiger partial charge in [-0.3, -0.25) is 0 Å². The average molecular weight is 1240 g/mol. The number of nitrogens with zero attached hydrogens (tertiary/aromatic N) is 4. The van der Waals surface area contributed by atoms with Crippen LogP contribution in [0.5, 0.6) is 0 Å². The Balaban J connectivity index is 1.28. The zero-order chi connectivity index (χ0) is 34.6. The molecule has 4 aliphatic heterocycles. The Morgan fingerprint density at radius 2 is 0.809 bits per heavy atom. The summed E-state index contributed by atoms with van der Waals surface area (Å²) in [5, 5.41) is -5.19. The molecule has 4 saturated heterocycles. The van der Waals surface area contributed by atoms with Gasteiger partial charge in [0.1, 0.15) is 0 Å². The minimum atomic E-state index is -1.78. The second kappa shape index (κ2) is 19.0. The van der Waals surface area contributed by atoms with Crippen LogP contribution in [0.3, 0.4) is 0 Å². The molecule has 0 bridgehead atoms. The summed E-state index contributed by atoms with van der Waals surface area (Å²) in [4.78, 5) is 2.34. The topological polar surface area (TPSA) is 86.8 Å². The van der Waals surface area contributed by atoms with E-state index in [0.717, 1.165) is 52.4 Å². The summed E-state index contributed by atoms with van der Waals surface area (Å²) >= 11 is 4.51. The molecular weight excluding hydrogens is 1180 g/mol. The monoisotopic (exact) mass is 1240 g/mol. The number of likely N-dealkylation sites (N-methyl/N-ethyl adjacent to an activating group) is 1. The molecule has 0 aromatic heterocycles. The molecular formula is C29H59N4O8P3W3. The van der Waals surface area contributed by atoms with E-state index in [2.05, 4.69) is 73.6 Å². The average Bonchev–Trinajstić information content (AvgIpc) is 2.97. The number of hydrogen-bond donors (Lipinski definition) is 0. The molecule has 0 aromatic carbocycles. The Bertz CT molecular complexity index is 1160. The van der Waals surface area contributed by atoms with Gasteiger partial charge < -0.3 is 0 Å². The van der Waals surface area contributed by atoms with Crippen molar-refractivity contribution in [3.8, 4) is 0 Å². The van der Waals surface area contributed by atoms with Crippen molar-refractivity contribution in [2.24, 2.45) is 0 Å². The second-order valence-corrected chi connectivity index (χ2v) is 43.1. The molecule has 0 aliphatic carbocycles. The van der Waals surface area contributed by atoms with Crippen LogP contribution in [0.1, 0.15) is 27.7 Å². The summed E-state index contributed by atoms with van der Waals surface area (Å²) in [5.74, 6) is 0. The van der Waals surface area contributed by atoms with Gasteiger partial charge in [0.15, 0.2) is 0 Å². The fraction of sp³-hybridized carbons (Fsp3) is 1.00. The van der Waals surface area contributed by atoms with Crippen LogP contribution in [0, 0.1) is 0 Å². The third-order valence-electron chi connectivity index (χ3n) is 8.82. The zero-order valence-corrected chi connectivity index (χ0v) is 41.2. The molecule has 0 amide bonds. The molecule has 4 fully saturated rings. The normalized spacial score (nSPS) is 38.0. The summed E-state index contributed by atoms with van der Waals surface area (Å²) in [6.45, 7) is 25.2. The number of methoxy groups -OCH3 is 1. The predicted octanol–water partition coefficient (Wildman–Crippen LogP) is 3.49. The quantitative estimate of drug-likeness (QED) is 0.239. The molecule has 11 atom stereocenters. The van der Waals surface area contributed by atoms with Crippen LogP contribution < -0.4 is 0 Å². The van der Waals surface area contributed by atoms with E-state index in [4.69, 9.17) is 37.3 Å². The standard InChI is InChI=1S/C29H59N4O8P3.3W/c1-22-10-30(5)14-26(38-22)19-35-43(8)32-12-24(3)40-28(16-32)21-37-44(9)33-13-25(4)41-29(17-33)20-36-42(7)31-11-23(2)39-27(15-31)18-34-6;;;/h22-29H,10-21H2,1-9H3;;;. The summed E-state index contributed by atoms with van der Waals surface area (Å²) in [6, 6.07) is 0. The Morgan fingerprint density at radius 3 is 1.13 bits per heavy atom.